The average Bonchev–Trinajstić information content (AvgIpc) is 3.36. The number of hydrogen-bond donors (Lipinski definition) is 1. The van der Waals surface area contributed by atoms with E-state index in [-0.39, 0.29) is 18.1 Å². The van der Waals surface area contributed by atoms with Crippen LogP contribution in [0.3, 0.4) is 0 Å². The Hall–Kier alpha value is -2.38. The molecule has 2 amide bonds. The first-order valence-corrected chi connectivity index (χ1v) is 11.1. The molecule has 4 saturated heterocycles. The summed E-state index contributed by atoms with van der Waals surface area (Å²) in [5.74, 6) is 1.08. The Morgan fingerprint density at radius 1 is 1.10 bits per heavy atom. The molecule has 2 bridgehead atoms. The van der Waals surface area contributed by atoms with Crippen molar-refractivity contribution in [2.75, 3.05) is 36.4 Å². The normalized spacial score (nSPS) is 28.4. The molecular weight excluding hydrogens is 386 g/mol. The maximum absolute atomic E-state index is 12.6. The standard InChI is InChI=1S/C22H25N3O3S/c1-14(26)23-17-4-2-16(3-5-17)20-6-7-21(29-20)25-13-19(28-22(25)27)18-12-24-10-8-15(18)9-11-24/h2-7,15,18-19H,8-13H2,1H3,(H,23,26). The van der Waals surface area contributed by atoms with Crippen molar-refractivity contribution in [3.63, 3.8) is 0 Å². The van der Waals surface area contributed by atoms with Crippen LogP contribution in [0.2, 0.25) is 0 Å². The molecular formula is C22H25N3O3S. The summed E-state index contributed by atoms with van der Waals surface area (Å²) >= 11 is 1.60. The predicted octanol–water partition coefficient (Wildman–Crippen LogP) is 4.04. The van der Waals surface area contributed by atoms with E-state index in [1.54, 1.807) is 16.2 Å². The van der Waals surface area contributed by atoms with E-state index in [2.05, 4.69) is 10.2 Å². The Labute approximate surface area is 174 Å². The number of amides is 2. The third-order valence-corrected chi connectivity index (χ3v) is 7.52. The molecule has 0 saturated carbocycles. The van der Waals surface area contributed by atoms with E-state index in [4.69, 9.17) is 4.74 Å². The van der Waals surface area contributed by atoms with Crippen molar-refractivity contribution in [2.24, 2.45) is 11.8 Å². The van der Waals surface area contributed by atoms with Crippen LogP contribution in [0.1, 0.15) is 19.8 Å². The van der Waals surface area contributed by atoms with Crippen LogP contribution in [0.25, 0.3) is 10.4 Å². The van der Waals surface area contributed by atoms with Crippen molar-refractivity contribution >= 4 is 34.0 Å². The number of carbonyl (C=O) groups excluding carboxylic acids is 2. The smallest absolute Gasteiger partial charge is 0.415 e. The highest BCUT2D eigenvalue weighted by atomic mass is 32.1. The SMILES string of the molecule is CC(=O)Nc1ccc(-c2ccc(N3CC(C4CN5CCC4CC5)OC3=O)s2)cc1. The topological polar surface area (TPSA) is 61.9 Å². The maximum Gasteiger partial charge on any atom is 0.415 e. The number of cyclic esters (lactones) is 1. The van der Waals surface area contributed by atoms with Gasteiger partial charge in [0.25, 0.3) is 0 Å². The minimum atomic E-state index is -0.221. The van der Waals surface area contributed by atoms with Crippen molar-refractivity contribution < 1.29 is 14.3 Å². The Balaban J connectivity index is 1.29. The van der Waals surface area contributed by atoms with Gasteiger partial charge in [0.2, 0.25) is 5.91 Å². The number of thiophene rings is 1. The minimum absolute atomic E-state index is 0.00177. The molecule has 1 N–H and O–H groups in total. The van der Waals surface area contributed by atoms with Crippen molar-refractivity contribution in [3.05, 3.63) is 36.4 Å². The number of anilines is 2. The fourth-order valence-electron chi connectivity index (χ4n) is 4.87. The van der Waals surface area contributed by atoms with Gasteiger partial charge in [-0.25, -0.2) is 4.79 Å². The fraction of sp³-hybridized carbons (Fsp3) is 0.455. The van der Waals surface area contributed by atoms with Gasteiger partial charge in [0.1, 0.15) is 11.1 Å². The van der Waals surface area contributed by atoms with E-state index in [9.17, 15) is 9.59 Å². The Kier molecular flexibility index (Phi) is 4.80. The van der Waals surface area contributed by atoms with Gasteiger partial charge in [-0.3, -0.25) is 9.69 Å². The van der Waals surface area contributed by atoms with Gasteiger partial charge >= 0.3 is 6.09 Å². The first kappa shape index (κ1) is 18.6. The molecule has 29 heavy (non-hydrogen) atoms. The predicted molar refractivity (Wildman–Crippen MR) is 114 cm³/mol. The summed E-state index contributed by atoms with van der Waals surface area (Å²) in [6.07, 6.45) is 2.24. The van der Waals surface area contributed by atoms with Crippen molar-refractivity contribution in [2.45, 2.75) is 25.9 Å². The zero-order valence-electron chi connectivity index (χ0n) is 16.5. The number of carbonyl (C=O) groups is 2. The molecule has 0 radical (unpaired) electrons. The lowest BCUT2D eigenvalue weighted by Crippen LogP contribution is -2.52. The summed E-state index contributed by atoms with van der Waals surface area (Å²) in [6, 6.07) is 11.8. The molecule has 4 fully saturated rings. The van der Waals surface area contributed by atoms with Crippen LogP contribution in [0.15, 0.2) is 36.4 Å². The lowest BCUT2D eigenvalue weighted by molar-refractivity contribution is -0.114. The van der Waals surface area contributed by atoms with Gasteiger partial charge in [0.15, 0.2) is 0 Å². The number of fused-ring (bicyclic) bond motifs is 3. The molecule has 0 spiro atoms. The monoisotopic (exact) mass is 411 g/mol. The zero-order chi connectivity index (χ0) is 20.0. The molecule has 6 rings (SSSR count). The van der Waals surface area contributed by atoms with E-state index in [1.165, 1.54) is 32.9 Å². The largest absolute Gasteiger partial charge is 0.444 e. The quantitative estimate of drug-likeness (QED) is 0.825. The van der Waals surface area contributed by atoms with Crippen LogP contribution in [-0.2, 0) is 9.53 Å². The number of nitrogens with zero attached hydrogens (tertiary/aromatic N) is 2. The summed E-state index contributed by atoms with van der Waals surface area (Å²) in [7, 11) is 0. The Morgan fingerprint density at radius 2 is 1.86 bits per heavy atom. The number of piperidine rings is 3. The van der Waals surface area contributed by atoms with Gasteiger partial charge in [0, 0.05) is 30.0 Å². The molecule has 7 heteroatoms. The first-order chi connectivity index (χ1) is 14.1. The second kappa shape index (κ2) is 7.46. The van der Waals surface area contributed by atoms with E-state index in [1.807, 2.05) is 36.4 Å². The van der Waals surface area contributed by atoms with Gasteiger partial charge in [-0.2, -0.15) is 0 Å². The van der Waals surface area contributed by atoms with Crippen molar-refractivity contribution in [3.8, 4) is 10.4 Å². The Morgan fingerprint density at radius 3 is 2.52 bits per heavy atom. The van der Waals surface area contributed by atoms with Crippen LogP contribution >= 0.6 is 11.3 Å². The molecule has 2 aromatic rings. The molecule has 4 aliphatic rings. The molecule has 4 aliphatic heterocycles. The number of rotatable bonds is 4. The van der Waals surface area contributed by atoms with Crippen LogP contribution in [0.5, 0.6) is 0 Å². The first-order valence-electron chi connectivity index (χ1n) is 10.3. The minimum Gasteiger partial charge on any atom is -0.444 e. The van der Waals surface area contributed by atoms with Crippen molar-refractivity contribution in [1.82, 2.24) is 4.90 Å². The molecule has 2 unspecified atom stereocenters. The van der Waals surface area contributed by atoms with Gasteiger partial charge in [0.05, 0.1) is 6.54 Å². The number of benzene rings is 1. The summed E-state index contributed by atoms with van der Waals surface area (Å²) in [4.78, 5) is 29.1. The van der Waals surface area contributed by atoms with Gasteiger partial charge in [-0.1, -0.05) is 12.1 Å². The molecule has 1 aromatic heterocycles. The molecule has 6 nitrogen and oxygen atoms in total. The number of nitrogens with one attached hydrogen (secondary N) is 1. The molecule has 5 heterocycles. The van der Waals surface area contributed by atoms with Gasteiger partial charge < -0.3 is 15.0 Å². The van der Waals surface area contributed by atoms with Crippen LogP contribution < -0.4 is 10.2 Å². The third kappa shape index (κ3) is 3.65. The summed E-state index contributed by atoms with van der Waals surface area (Å²) in [5.41, 5.74) is 1.85. The van der Waals surface area contributed by atoms with E-state index < -0.39 is 0 Å². The molecule has 2 atom stereocenters. The van der Waals surface area contributed by atoms with Crippen molar-refractivity contribution in [1.29, 1.82) is 0 Å². The molecule has 0 aliphatic carbocycles. The van der Waals surface area contributed by atoms with E-state index in [0.717, 1.165) is 27.7 Å². The second-order valence-corrected chi connectivity index (χ2v) is 9.29. The summed E-state index contributed by atoms with van der Waals surface area (Å²) < 4.78 is 5.81. The maximum atomic E-state index is 12.6. The summed E-state index contributed by atoms with van der Waals surface area (Å²) in [5, 5.41) is 3.71. The lowest BCUT2D eigenvalue weighted by atomic mass is 9.76. The fourth-order valence-corrected chi connectivity index (χ4v) is 5.88. The van der Waals surface area contributed by atoms with Gasteiger partial charge in [-0.15, -0.1) is 11.3 Å². The van der Waals surface area contributed by atoms with Crippen LogP contribution in [0, 0.1) is 11.8 Å². The highest BCUT2D eigenvalue weighted by Gasteiger charge is 2.45. The number of hydrogen-bond acceptors (Lipinski definition) is 5. The zero-order valence-corrected chi connectivity index (χ0v) is 17.3. The van der Waals surface area contributed by atoms with E-state index in [0.29, 0.717) is 18.4 Å². The second-order valence-electron chi connectivity index (χ2n) is 8.23. The lowest BCUT2D eigenvalue weighted by Gasteiger charge is -2.46. The average molecular weight is 412 g/mol. The van der Waals surface area contributed by atoms with E-state index >= 15 is 0 Å². The highest BCUT2D eigenvalue weighted by Crippen LogP contribution is 2.40. The van der Waals surface area contributed by atoms with Gasteiger partial charge in [-0.05, 0) is 61.7 Å². The number of ether oxygens (including phenoxy) is 1. The Bertz CT molecular complexity index is 918. The summed E-state index contributed by atoms with van der Waals surface area (Å²) in [6.45, 7) is 5.60. The van der Waals surface area contributed by atoms with Crippen LogP contribution in [0.4, 0.5) is 15.5 Å². The molecule has 1 aromatic carbocycles. The molecule has 152 valence electrons. The third-order valence-electron chi connectivity index (χ3n) is 6.37. The van der Waals surface area contributed by atoms with Crippen LogP contribution in [-0.4, -0.2) is 49.2 Å². The highest BCUT2D eigenvalue weighted by molar-refractivity contribution is 7.19.